The van der Waals surface area contributed by atoms with Crippen LogP contribution in [0.3, 0.4) is 0 Å². The fourth-order valence-electron chi connectivity index (χ4n) is 3.98. The molecule has 0 saturated heterocycles. The summed E-state index contributed by atoms with van der Waals surface area (Å²) in [4.78, 5) is 27.9. The van der Waals surface area contributed by atoms with Gasteiger partial charge in [0.25, 0.3) is 9.84 Å². The number of aromatic nitrogens is 2. The number of H-pyrrole nitrogens is 1. The molecule has 1 aliphatic carbocycles. The van der Waals surface area contributed by atoms with Gasteiger partial charge in [-0.15, -0.1) is 0 Å². The zero-order valence-corrected chi connectivity index (χ0v) is 17.0. The van der Waals surface area contributed by atoms with Gasteiger partial charge in [-0.3, -0.25) is 0 Å². The average molecular weight is 428 g/mol. The molecule has 3 atom stereocenters. The van der Waals surface area contributed by atoms with Crippen molar-refractivity contribution < 1.29 is 22.5 Å². The number of nitrogens with zero attached hydrogens (tertiary/aromatic N) is 1. The minimum absolute atomic E-state index is 0.125. The van der Waals surface area contributed by atoms with Gasteiger partial charge in [0.1, 0.15) is 11.9 Å². The first-order chi connectivity index (χ1) is 14.4. The van der Waals surface area contributed by atoms with E-state index in [1.165, 1.54) is 0 Å². The highest BCUT2D eigenvalue weighted by Crippen LogP contribution is 2.46. The molecule has 0 saturated carbocycles. The van der Waals surface area contributed by atoms with Crippen molar-refractivity contribution in [1.82, 2.24) is 10.1 Å². The molecular formula is C21H20N2O6S. The van der Waals surface area contributed by atoms with E-state index in [0.29, 0.717) is 17.5 Å². The second kappa shape index (κ2) is 7.91. The average Bonchev–Trinajstić information content (AvgIpc) is 3.18. The Labute approximate surface area is 172 Å². The van der Waals surface area contributed by atoms with Crippen molar-refractivity contribution in [2.75, 3.05) is 0 Å². The van der Waals surface area contributed by atoms with Gasteiger partial charge in [0.15, 0.2) is 0 Å². The van der Waals surface area contributed by atoms with Gasteiger partial charge in [0, 0.05) is 5.92 Å². The van der Waals surface area contributed by atoms with E-state index in [9.17, 15) is 18.0 Å². The van der Waals surface area contributed by atoms with Gasteiger partial charge in [-0.25, -0.2) is 18.0 Å². The summed E-state index contributed by atoms with van der Waals surface area (Å²) in [5.74, 6) is -0.930. The maximum Gasteiger partial charge on any atom is 0.425 e. The van der Waals surface area contributed by atoms with Crippen LogP contribution < -0.4 is 5.69 Å². The number of hydrogen-bond donors (Lipinski definition) is 1. The fraction of sp³-hybridized carbons (Fsp3) is 0.286. The van der Waals surface area contributed by atoms with Crippen molar-refractivity contribution in [1.29, 1.82) is 0 Å². The summed E-state index contributed by atoms with van der Waals surface area (Å²) < 4.78 is 36.8. The highest BCUT2D eigenvalue weighted by atomic mass is 32.2. The van der Waals surface area contributed by atoms with Crippen LogP contribution in [0.2, 0.25) is 0 Å². The van der Waals surface area contributed by atoms with Gasteiger partial charge in [0.05, 0.1) is 0 Å². The Kier molecular flexibility index (Phi) is 5.29. The van der Waals surface area contributed by atoms with Crippen molar-refractivity contribution in [3.8, 4) is 0 Å². The molecule has 9 heteroatoms. The maximum absolute atomic E-state index is 13.3. The summed E-state index contributed by atoms with van der Waals surface area (Å²) in [7, 11) is -4.35. The van der Waals surface area contributed by atoms with Crippen LogP contribution in [0.15, 0.2) is 63.9 Å². The molecule has 4 rings (SSSR count). The number of hydrogen-bond acceptors (Lipinski definition) is 7. The van der Waals surface area contributed by atoms with Crippen molar-refractivity contribution in [2.24, 2.45) is 5.92 Å². The zero-order chi connectivity index (χ0) is 21.3. The summed E-state index contributed by atoms with van der Waals surface area (Å²) in [6.07, 6.45) is 0.441. The Morgan fingerprint density at radius 2 is 1.87 bits per heavy atom. The number of sulfone groups is 1. The predicted molar refractivity (Wildman–Crippen MR) is 107 cm³/mol. The molecule has 1 N–H and O–H groups in total. The summed E-state index contributed by atoms with van der Waals surface area (Å²) in [5.41, 5.74) is 1.36. The van der Waals surface area contributed by atoms with Crippen LogP contribution in [-0.4, -0.2) is 23.9 Å². The molecule has 0 bridgehead atoms. The van der Waals surface area contributed by atoms with Gasteiger partial charge >= 0.3 is 11.0 Å². The quantitative estimate of drug-likeness (QED) is 0.634. The van der Waals surface area contributed by atoms with Gasteiger partial charge in [-0.05, 0) is 29.0 Å². The largest absolute Gasteiger partial charge is 0.449 e. The Morgan fingerprint density at radius 1 is 1.17 bits per heavy atom. The second-order valence-corrected chi connectivity index (χ2v) is 9.25. The third kappa shape index (κ3) is 3.68. The Bertz CT molecular complexity index is 1220. The molecule has 1 unspecified atom stereocenters. The third-order valence-corrected chi connectivity index (χ3v) is 7.39. The van der Waals surface area contributed by atoms with Crippen molar-refractivity contribution in [2.45, 2.75) is 31.1 Å². The van der Waals surface area contributed by atoms with E-state index in [4.69, 9.17) is 9.26 Å². The Balaban J connectivity index is 1.67. The molecule has 30 heavy (non-hydrogen) atoms. The molecular weight excluding hydrogens is 408 g/mol. The summed E-state index contributed by atoms with van der Waals surface area (Å²) in [6, 6.07) is 15.9. The number of ether oxygens (including phenoxy) is 1. The lowest BCUT2D eigenvalue weighted by Gasteiger charge is -2.34. The first-order valence-corrected chi connectivity index (χ1v) is 11.0. The standard InChI is InChI=1S/C21H20N2O6S/c1-13-17(19-22-20(24)23-29-19)11-15-9-5-6-10-16(15)18(13)30(26,27)21(25)28-12-14-7-3-2-4-8-14/h2-10,13,17-18H,11-12H2,1H3,(H,23,24)/t13-,17-,18?/m1/s1. The number of carbonyl (C=O) groups excluding carboxylic acids is 1. The van der Waals surface area contributed by atoms with Crippen LogP contribution in [0.5, 0.6) is 0 Å². The molecule has 0 aliphatic heterocycles. The number of fused-ring (bicyclic) bond motifs is 1. The first kappa shape index (κ1) is 20.1. The van der Waals surface area contributed by atoms with Crippen LogP contribution >= 0.6 is 0 Å². The van der Waals surface area contributed by atoms with E-state index < -0.39 is 37.9 Å². The molecule has 0 fully saturated rings. The van der Waals surface area contributed by atoms with Crippen molar-refractivity contribution in [3.63, 3.8) is 0 Å². The first-order valence-electron chi connectivity index (χ1n) is 9.45. The fourth-order valence-corrected chi connectivity index (χ4v) is 5.73. The van der Waals surface area contributed by atoms with E-state index in [0.717, 1.165) is 5.56 Å². The van der Waals surface area contributed by atoms with E-state index in [2.05, 4.69) is 10.1 Å². The molecule has 3 aromatic rings. The molecule has 156 valence electrons. The lowest BCUT2D eigenvalue weighted by atomic mass is 9.76. The number of aromatic amines is 1. The molecule has 8 nitrogen and oxygen atoms in total. The normalized spacial score (nSPS) is 21.0. The number of nitrogens with one attached hydrogen (secondary N) is 1. The van der Waals surface area contributed by atoms with Crippen LogP contribution in [0.25, 0.3) is 0 Å². The molecule has 2 aromatic carbocycles. The SMILES string of the molecule is C[C@H]1C(S(=O)(=O)C(=O)OCc2ccccc2)c2ccccc2C[C@H]1c1nc(=O)[nH]o1. The minimum Gasteiger partial charge on any atom is -0.449 e. The Morgan fingerprint density at radius 3 is 2.57 bits per heavy atom. The van der Waals surface area contributed by atoms with Gasteiger partial charge in [-0.2, -0.15) is 10.1 Å². The van der Waals surface area contributed by atoms with E-state index >= 15 is 0 Å². The van der Waals surface area contributed by atoms with E-state index in [-0.39, 0.29) is 12.5 Å². The molecule has 1 aromatic heterocycles. The van der Waals surface area contributed by atoms with E-state index in [1.54, 1.807) is 55.5 Å². The predicted octanol–water partition coefficient (Wildman–Crippen LogP) is 3.13. The van der Waals surface area contributed by atoms with Crippen molar-refractivity contribution >= 4 is 15.1 Å². The summed E-state index contributed by atoms with van der Waals surface area (Å²) in [6.45, 7) is 1.57. The minimum atomic E-state index is -4.35. The lowest BCUT2D eigenvalue weighted by molar-refractivity contribution is 0.165. The topological polar surface area (TPSA) is 119 Å². The van der Waals surface area contributed by atoms with Crippen LogP contribution in [0.4, 0.5) is 4.79 Å². The van der Waals surface area contributed by atoms with Crippen LogP contribution in [0, 0.1) is 5.92 Å². The maximum atomic E-state index is 13.3. The molecule has 0 radical (unpaired) electrons. The number of carbonyl (C=O) groups is 1. The van der Waals surface area contributed by atoms with Crippen molar-refractivity contribution in [3.05, 3.63) is 87.7 Å². The highest BCUT2D eigenvalue weighted by Gasteiger charge is 2.47. The van der Waals surface area contributed by atoms with Crippen LogP contribution in [0.1, 0.15) is 40.7 Å². The molecule has 0 spiro atoms. The van der Waals surface area contributed by atoms with Gasteiger partial charge in [0.2, 0.25) is 5.89 Å². The highest BCUT2D eigenvalue weighted by molar-refractivity contribution is 8.05. The zero-order valence-electron chi connectivity index (χ0n) is 16.1. The summed E-state index contributed by atoms with van der Waals surface area (Å²) in [5, 5.41) is -0.274. The molecule has 1 aliphatic rings. The number of rotatable bonds is 4. The van der Waals surface area contributed by atoms with Gasteiger partial charge < -0.3 is 9.26 Å². The monoisotopic (exact) mass is 428 g/mol. The molecule has 0 amide bonds. The van der Waals surface area contributed by atoms with E-state index in [1.807, 2.05) is 6.07 Å². The van der Waals surface area contributed by atoms with Crippen LogP contribution in [-0.2, 0) is 27.6 Å². The smallest absolute Gasteiger partial charge is 0.425 e. The lowest BCUT2D eigenvalue weighted by Crippen LogP contribution is -2.35. The third-order valence-electron chi connectivity index (χ3n) is 5.45. The molecule has 1 heterocycles. The van der Waals surface area contributed by atoms with Gasteiger partial charge in [-0.1, -0.05) is 61.5 Å². The number of benzene rings is 2. The second-order valence-electron chi connectivity index (χ2n) is 7.32. The Hall–Kier alpha value is -3.20. The summed E-state index contributed by atoms with van der Waals surface area (Å²) >= 11 is 0.